The van der Waals surface area contributed by atoms with E-state index in [1.54, 1.807) is 0 Å². The molecule has 0 aromatic heterocycles. The molecule has 2 heteroatoms. The number of amidine groups is 1. The predicted octanol–water partition coefficient (Wildman–Crippen LogP) is 4.52. The first-order valence-corrected chi connectivity index (χ1v) is 8.20. The van der Waals surface area contributed by atoms with Crippen LogP contribution in [0.3, 0.4) is 0 Å². The molecule has 0 saturated carbocycles. The van der Waals surface area contributed by atoms with Crippen LogP contribution in [0.2, 0.25) is 0 Å². The zero-order chi connectivity index (χ0) is 15.2. The quantitative estimate of drug-likeness (QED) is 0.809. The van der Waals surface area contributed by atoms with Crippen LogP contribution in [0.25, 0.3) is 0 Å². The molecule has 1 aliphatic rings. The third-order valence-electron chi connectivity index (χ3n) is 4.31. The van der Waals surface area contributed by atoms with Gasteiger partial charge in [0.1, 0.15) is 5.84 Å². The molecule has 2 aromatic rings. The highest BCUT2D eigenvalue weighted by molar-refractivity contribution is 5.85. The summed E-state index contributed by atoms with van der Waals surface area (Å²) in [5, 5.41) is 0. The Morgan fingerprint density at radius 2 is 1.59 bits per heavy atom. The highest BCUT2D eigenvalue weighted by atomic mass is 15.2. The lowest BCUT2D eigenvalue weighted by molar-refractivity contribution is 0.330. The minimum absolute atomic E-state index is 0.557. The van der Waals surface area contributed by atoms with Gasteiger partial charge < -0.3 is 4.90 Å². The van der Waals surface area contributed by atoms with E-state index in [2.05, 4.69) is 72.5 Å². The minimum Gasteiger partial charge on any atom is -0.356 e. The summed E-state index contributed by atoms with van der Waals surface area (Å²) in [7, 11) is 0. The number of nitrogens with zero attached hydrogens (tertiary/aromatic N) is 2. The summed E-state index contributed by atoms with van der Waals surface area (Å²) in [6.45, 7) is 5.18. The SMILES string of the molecule is CC1CCCN(Cc2ccccc2)C1=NCc1ccccc1. The molecule has 1 heterocycles. The maximum atomic E-state index is 4.95. The van der Waals surface area contributed by atoms with Gasteiger partial charge in [0.15, 0.2) is 0 Å². The van der Waals surface area contributed by atoms with E-state index in [9.17, 15) is 0 Å². The van der Waals surface area contributed by atoms with Crippen molar-refractivity contribution in [1.29, 1.82) is 0 Å². The molecule has 1 atom stereocenters. The Morgan fingerprint density at radius 3 is 2.27 bits per heavy atom. The summed E-state index contributed by atoms with van der Waals surface area (Å²) in [5.74, 6) is 1.83. The zero-order valence-electron chi connectivity index (χ0n) is 13.3. The van der Waals surface area contributed by atoms with E-state index >= 15 is 0 Å². The molecule has 114 valence electrons. The van der Waals surface area contributed by atoms with Crippen LogP contribution in [-0.4, -0.2) is 17.3 Å². The van der Waals surface area contributed by atoms with Gasteiger partial charge in [0, 0.05) is 19.0 Å². The normalized spacial score (nSPS) is 20.3. The Morgan fingerprint density at radius 1 is 0.955 bits per heavy atom. The lowest BCUT2D eigenvalue weighted by atomic mass is 9.97. The van der Waals surface area contributed by atoms with E-state index in [0.717, 1.165) is 19.6 Å². The summed E-state index contributed by atoms with van der Waals surface area (Å²) < 4.78 is 0. The van der Waals surface area contributed by atoms with E-state index in [4.69, 9.17) is 4.99 Å². The van der Waals surface area contributed by atoms with Crippen molar-refractivity contribution in [1.82, 2.24) is 4.90 Å². The van der Waals surface area contributed by atoms with Gasteiger partial charge in [-0.1, -0.05) is 67.6 Å². The van der Waals surface area contributed by atoms with Gasteiger partial charge in [-0.3, -0.25) is 4.99 Å². The lowest BCUT2D eigenvalue weighted by Gasteiger charge is -2.34. The average molecular weight is 292 g/mol. The smallest absolute Gasteiger partial charge is 0.102 e. The fraction of sp³-hybridized carbons (Fsp3) is 0.350. The molecule has 0 amide bonds. The second-order valence-electron chi connectivity index (χ2n) is 6.11. The molecule has 1 aliphatic heterocycles. The Hall–Kier alpha value is -2.09. The Labute approximate surface area is 133 Å². The molecule has 1 unspecified atom stereocenters. The summed E-state index contributed by atoms with van der Waals surface area (Å²) >= 11 is 0. The highest BCUT2D eigenvalue weighted by Gasteiger charge is 2.23. The maximum absolute atomic E-state index is 4.95. The van der Waals surface area contributed by atoms with Gasteiger partial charge in [-0.05, 0) is 24.0 Å². The first kappa shape index (κ1) is 14.8. The third-order valence-corrected chi connectivity index (χ3v) is 4.31. The molecule has 3 rings (SSSR count). The summed E-state index contributed by atoms with van der Waals surface area (Å²) in [5.41, 5.74) is 2.65. The number of aliphatic imine (C=N–C) groups is 1. The number of benzene rings is 2. The van der Waals surface area contributed by atoms with Crippen molar-refractivity contribution < 1.29 is 0 Å². The van der Waals surface area contributed by atoms with Gasteiger partial charge >= 0.3 is 0 Å². The van der Waals surface area contributed by atoms with Gasteiger partial charge in [0.05, 0.1) is 6.54 Å². The van der Waals surface area contributed by atoms with Crippen molar-refractivity contribution in [3.63, 3.8) is 0 Å². The van der Waals surface area contributed by atoms with Crippen molar-refractivity contribution in [3.8, 4) is 0 Å². The van der Waals surface area contributed by atoms with Crippen LogP contribution < -0.4 is 0 Å². The van der Waals surface area contributed by atoms with Crippen LogP contribution in [0, 0.1) is 5.92 Å². The van der Waals surface area contributed by atoms with Gasteiger partial charge in [-0.25, -0.2) is 0 Å². The Balaban J connectivity index is 1.75. The molecule has 2 aromatic carbocycles. The molecule has 0 radical (unpaired) electrons. The first-order valence-electron chi connectivity index (χ1n) is 8.20. The van der Waals surface area contributed by atoms with Crippen LogP contribution in [0.5, 0.6) is 0 Å². The van der Waals surface area contributed by atoms with E-state index in [1.807, 2.05) is 0 Å². The highest BCUT2D eigenvalue weighted by Crippen LogP contribution is 2.21. The van der Waals surface area contributed by atoms with Crippen molar-refractivity contribution >= 4 is 5.84 Å². The molecule has 0 bridgehead atoms. The second kappa shape index (κ2) is 7.26. The number of hydrogen-bond acceptors (Lipinski definition) is 1. The molecular formula is C20H24N2. The van der Waals surface area contributed by atoms with Crippen LogP contribution in [-0.2, 0) is 13.1 Å². The Bertz CT molecular complexity index is 604. The van der Waals surface area contributed by atoms with Gasteiger partial charge in [0.25, 0.3) is 0 Å². The molecule has 1 saturated heterocycles. The van der Waals surface area contributed by atoms with E-state index in [1.165, 1.54) is 29.8 Å². The lowest BCUT2D eigenvalue weighted by Crippen LogP contribution is -2.39. The summed E-state index contributed by atoms with van der Waals surface area (Å²) in [6, 6.07) is 21.2. The summed E-state index contributed by atoms with van der Waals surface area (Å²) in [6.07, 6.45) is 2.51. The zero-order valence-corrected chi connectivity index (χ0v) is 13.3. The minimum atomic E-state index is 0.557. The van der Waals surface area contributed by atoms with Crippen LogP contribution in [0.1, 0.15) is 30.9 Å². The van der Waals surface area contributed by atoms with Crippen LogP contribution in [0.4, 0.5) is 0 Å². The molecule has 22 heavy (non-hydrogen) atoms. The van der Waals surface area contributed by atoms with Crippen LogP contribution >= 0.6 is 0 Å². The average Bonchev–Trinajstić information content (AvgIpc) is 2.56. The second-order valence-corrected chi connectivity index (χ2v) is 6.11. The molecule has 1 fully saturated rings. The number of rotatable bonds is 4. The first-order chi connectivity index (χ1) is 10.8. The predicted molar refractivity (Wildman–Crippen MR) is 92.8 cm³/mol. The maximum Gasteiger partial charge on any atom is 0.102 e. The van der Waals surface area contributed by atoms with Gasteiger partial charge in [-0.15, -0.1) is 0 Å². The molecule has 0 aliphatic carbocycles. The molecule has 2 nitrogen and oxygen atoms in total. The van der Waals surface area contributed by atoms with Gasteiger partial charge in [-0.2, -0.15) is 0 Å². The van der Waals surface area contributed by atoms with Gasteiger partial charge in [0.2, 0.25) is 0 Å². The summed E-state index contributed by atoms with van der Waals surface area (Å²) in [4.78, 5) is 7.42. The van der Waals surface area contributed by atoms with E-state index in [0.29, 0.717) is 5.92 Å². The third kappa shape index (κ3) is 3.76. The topological polar surface area (TPSA) is 15.6 Å². The van der Waals surface area contributed by atoms with Crippen molar-refractivity contribution in [2.75, 3.05) is 6.54 Å². The number of hydrogen-bond donors (Lipinski definition) is 0. The van der Waals surface area contributed by atoms with E-state index < -0.39 is 0 Å². The number of piperidine rings is 1. The molecule has 0 N–H and O–H groups in total. The van der Waals surface area contributed by atoms with E-state index in [-0.39, 0.29) is 0 Å². The van der Waals surface area contributed by atoms with Crippen LogP contribution in [0.15, 0.2) is 65.7 Å². The van der Waals surface area contributed by atoms with Crippen molar-refractivity contribution in [3.05, 3.63) is 71.8 Å². The largest absolute Gasteiger partial charge is 0.356 e. The number of likely N-dealkylation sites (tertiary alicyclic amines) is 1. The molecular weight excluding hydrogens is 268 g/mol. The molecule has 0 spiro atoms. The fourth-order valence-electron chi connectivity index (χ4n) is 3.12. The van der Waals surface area contributed by atoms with Crippen molar-refractivity contribution in [2.45, 2.75) is 32.9 Å². The standard InChI is InChI=1S/C20H24N2/c1-17-9-8-14-22(16-19-12-6-3-7-13-19)20(17)21-15-18-10-4-2-5-11-18/h2-7,10-13,17H,8-9,14-16H2,1H3. The monoisotopic (exact) mass is 292 g/mol. The van der Waals surface area contributed by atoms with Crippen molar-refractivity contribution in [2.24, 2.45) is 10.9 Å². The Kier molecular flexibility index (Phi) is 4.89. The fourth-order valence-corrected chi connectivity index (χ4v) is 3.12.